The van der Waals surface area contributed by atoms with Crippen LogP contribution in [-0.4, -0.2) is 5.75 Å². The fraction of sp³-hybridized carbons (Fsp3) is 0.588. The van der Waals surface area contributed by atoms with E-state index in [-0.39, 0.29) is 0 Å². The van der Waals surface area contributed by atoms with Crippen molar-refractivity contribution in [3.05, 3.63) is 48.5 Å². The van der Waals surface area contributed by atoms with E-state index in [1.165, 1.54) is 148 Å². The second kappa shape index (κ2) is 18.2. The molecule has 2 heteroatoms. The van der Waals surface area contributed by atoms with Crippen LogP contribution in [0.15, 0.2) is 58.3 Å². The first-order valence-corrected chi connectivity index (χ1v) is 16.5. The monoisotopic (exact) mass is 522 g/mol. The lowest BCUT2D eigenvalue weighted by Gasteiger charge is -2.08. The van der Waals surface area contributed by atoms with E-state index < -0.39 is 0 Å². The number of hydrogen-bond donors (Lipinski definition) is 1. The highest BCUT2D eigenvalue weighted by Crippen LogP contribution is 2.31. The van der Waals surface area contributed by atoms with Crippen molar-refractivity contribution in [2.75, 3.05) is 5.75 Å². The third-order valence-electron chi connectivity index (χ3n) is 7.56. The first-order chi connectivity index (χ1) is 17.8. The summed E-state index contributed by atoms with van der Waals surface area (Å²) >= 11 is 6.57. The molecule has 0 spiro atoms. The summed E-state index contributed by atoms with van der Waals surface area (Å²) in [5, 5.41) is 5.28. The van der Waals surface area contributed by atoms with Crippen LogP contribution in [0.25, 0.3) is 21.5 Å². The van der Waals surface area contributed by atoms with E-state index in [0.717, 1.165) is 4.90 Å². The molecule has 0 saturated carbocycles. The normalized spacial score (nSPS) is 11.6. The minimum Gasteiger partial charge on any atom is -0.143 e. The molecule has 0 amide bonds. The zero-order chi connectivity index (χ0) is 25.3. The number of thioether (sulfide) groups is 1. The first kappa shape index (κ1) is 29.4. The number of unbranched alkanes of at least 4 members (excludes halogenated alkanes) is 17. The van der Waals surface area contributed by atoms with Gasteiger partial charge in [-0.25, -0.2) is 0 Å². The molecule has 0 aliphatic heterocycles. The van der Waals surface area contributed by atoms with Gasteiger partial charge in [-0.15, -0.1) is 24.4 Å². The molecule has 3 aromatic carbocycles. The maximum Gasteiger partial charge on any atom is 0.00785 e. The predicted molar refractivity (Wildman–Crippen MR) is 168 cm³/mol. The van der Waals surface area contributed by atoms with Crippen LogP contribution in [0.2, 0.25) is 0 Å². The molecular weight excluding hydrogens is 473 g/mol. The molecule has 0 bridgehead atoms. The Labute approximate surface area is 231 Å². The van der Waals surface area contributed by atoms with Crippen LogP contribution >= 0.6 is 24.4 Å². The van der Waals surface area contributed by atoms with Gasteiger partial charge in [-0.2, -0.15) is 0 Å². The molecule has 0 atom stereocenters. The largest absolute Gasteiger partial charge is 0.143 e. The predicted octanol–water partition coefficient (Wildman–Crippen LogP) is 12.4. The van der Waals surface area contributed by atoms with Crippen molar-refractivity contribution in [3.63, 3.8) is 0 Å². The molecule has 0 fully saturated rings. The fourth-order valence-electron chi connectivity index (χ4n) is 5.30. The van der Waals surface area contributed by atoms with Crippen molar-refractivity contribution in [2.45, 2.75) is 132 Å². The second-order valence-electron chi connectivity index (χ2n) is 10.7. The Balaban J connectivity index is 1.16. The van der Waals surface area contributed by atoms with Crippen molar-refractivity contribution in [2.24, 2.45) is 0 Å². The van der Waals surface area contributed by atoms with Crippen molar-refractivity contribution < 1.29 is 0 Å². The molecule has 36 heavy (non-hydrogen) atoms. The van der Waals surface area contributed by atoms with E-state index in [2.05, 4.69) is 68.1 Å². The van der Waals surface area contributed by atoms with Crippen LogP contribution in [0.5, 0.6) is 0 Å². The van der Waals surface area contributed by atoms with Gasteiger partial charge in [-0.3, -0.25) is 0 Å². The molecule has 0 unspecified atom stereocenters. The Morgan fingerprint density at radius 3 is 1.44 bits per heavy atom. The molecule has 3 aromatic rings. The second-order valence-corrected chi connectivity index (χ2v) is 12.4. The molecule has 0 heterocycles. The molecule has 0 aliphatic rings. The fourth-order valence-corrected chi connectivity index (χ4v) is 6.45. The van der Waals surface area contributed by atoms with Gasteiger partial charge < -0.3 is 0 Å². The van der Waals surface area contributed by atoms with Crippen molar-refractivity contribution in [3.8, 4) is 0 Å². The lowest BCUT2D eigenvalue weighted by atomic mass is 10.0. The van der Waals surface area contributed by atoms with Crippen LogP contribution in [0, 0.1) is 0 Å². The van der Waals surface area contributed by atoms with E-state index in [9.17, 15) is 0 Å². The van der Waals surface area contributed by atoms with Gasteiger partial charge >= 0.3 is 0 Å². The van der Waals surface area contributed by atoms with Gasteiger partial charge in [-0.1, -0.05) is 140 Å². The highest BCUT2D eigenvalue weighted by molar-refractivity contribution is 7.99. The third-order valence-corrected chi connectivity index (χ3v) is 8.92. The number of thiol groups is 1. The summed E-state index contributed by atoms with van der Waals surface area (Å²) in [4.78, 5) is 2.43. The van der Waals surface area contributed by atoms with Gasteiger partial charge in [0, 0.05) is 9.79 Å². The lowest BCUT2D eigenvalue weighted by molar-refractivity contribution is 0.527. The molecule has 198 valence electrons. The van der Waals surface area contributed by atoms with Gasteiger partial charge in [0.15, 0.2) is 0 Å². The smallest absolute Gasteiger partial charge is 0.00785 e. The number of fused-ring (bicyclic) bond motifs is 3. The van der Waals surface area contributed by atoms with E-state index in [1.807, 2.05) is 11.8 Å². The molecular formula is C34H50S2. The lowest BCUT2D eigenvalue weighted by Crippen LogP contribution is -1.85. The number of rotatable bonds is 20. The van der Waals surface area contributed by atoms with Crippen LogP contribution in [0.4, 0.5) is 0 Å². The summed E-state index contributed by atoms with van der Waals surface area (Å²) < 4.78 is 0. The Morgan fingerprint density at radius 2 is 0.917 bits per heavy atom. The molecule has 0 aliphatic carbocycles. The van der Waals surface area contributed by atoms with Crippen LogP contribution in [-0.2, 0) is 0 Å². The standard InChI is InChI=1S/C34H50S2/c1-2-3-4-5-6-7-8-9-10-11-12-13-14-15-16-17-18-19-26-36-32-25-23-30-21-20-29-22-24-31(35)27-33(29)34(30)28-32/h20-25,27-28,35H,2-19,26H2,1H3. The van der Waals surface area contributed by atoms with E-state index >= 15 is 0 Å². The summed E-state index contributed by atoms with van der Waals surface area (Å²) in [6.07, 6.45) is 25.9. The summed E-state index contributed by atoms with van der Waals surface area (Å²) in [6, 6.07) is 17.9. The zero-order valence-corrected chi connectivity index (χ0v) is 24.6. The molecule has 3 rings (SSSR count). The summed E-state index contributed by atoms with van der Waals surface area (Å²) in [5.74, 6) is 1.23. The summed E-state index contributed by atoms with van der Waals surface area (Å²) in [7, 11) is 0. The Kier molecular flexibility index (Phi) is 14.9. The van der Waals surface area contributed by atoms with E-state index in [4.69, 9.17) is 0 Å². The van der Waals surface area contributed by atoms with Gasteiger partial charge in [0.2, 0.25) is 0 Å². The molecule has 0 saturated heterocycles. The Morgan fingerprint density at radius 1 is 0.500 bits per heavy atom. The zero-order valence-electron chi connectivity index (χ0n) is 22.9. The van der Waals surface area contributed by atoms with Gasteiger partial charge in [-0.05, 0) is 58.0 Å². The number of hydrogen-bond acceptors (Lipinski definition) is 2. The summed E-state index contributed by atoms with van der Waals surface area (Å²) in [5.41, 5.74) is 0. The van der Waals surface area contributed by atoms with E-state index in [1.54, 1.807) is 0 Å². The minimum atomic E-state index is 1.03. The third kappa shape index (κ3) is 11.1. The van der Waals surface area contributed by atoms with E-state index in [0.29, 0.717) is 0 Å². The van der Waals surface area contributed by atoms with Crippen LogP contribution < -0.4 is 0 Å². The maximum absolute atomic E-state index is 4.56. The quantitative estimate of drug-likeness (QED) is 0.0666. The maximum atomic E-state index is 4.56. The van der Waals surface area contributed by atoms with Crippen molar-refractivity contribution in [1.82, 2.24) is 0 Å². The molecule has 0 nitrogen and oxygen atoms in total. The van der Waals surface area contributed by atoms with Crippen molar-refractivity contribution in [1.29, 1.82) is 0 Å². The molecule has 0 aromatic heterocycles. The number of benzene rings is 3. The van der Waals surface area contributed by atoms with Gasteiger partial charge in [0.25, 0.3) is 0 Å². The van der Waals surface area contributed by atoms with Gasteiger partial charge in [0.05, 0.1) is 0 Å². The Hall–Kier alpha value is -1.12. The molecule has 0 radical (unpaired) electrons. The highest BCUT2D eigenvalue weighted by atomic mass is 32.2. The first-order valence-electron chi connectivity index (χ1n) is 15.1. The Bertz CT molecular complexity index is 993. The minimum absolute atomic E-state index is 1.03. The highest BCUT2D eigenvalue weighted by Gasteiger charge is 2.04. The average Bonchev–Trinajstić information content (AvgIpc) is 2.90. The van der Waals surface area contributed by atoms with Crippen LogP contribution in [0.3, 0.4) is 0 Å². The van der Waals surface area contributed by atoms with Crippen LogP contribution in [0.1, 0.15) is 122 Å². The SMILES string of the molecule is CCCCCCCCCCCCCCCCCCCCSc1ccc2ccc3ccc(S)cc3c2c1. The van der Waals surface area contributed by atoms with Crippen molar-refractivity contribution >= 4 is 45.9 Å². The summed E-state index contributed by atoms with van der Waals surface area (Å²) in [6.45, 7) is 2.30. The van der Waals surface area contributed by atoms with Gasteiger partial charge in [0.1, 0.15) is 0 Å². The average molecular weight is 523 g/mol. The topological polar surface area (TPSA) is 0 Å². The molecule has 0 N–H and O–H groups in total.